The number of aromatic nitrogens is 2. The lowest BCUT2D eigenvalue weighted by Gasteiger charge is -2.00. The van der Waals surface area contributed by atoms with Crippen LogP contribution in [0.25, 0.3) is 12.2 Å². The van der Waals surface area contributed by atoms with Crippen molar-refractivity contribution in [2.45, 2.75) is 6.92 Å². The van der Waals surface area contributed by atoms with E-state index in [0.29, 0.717) is 11.4 Å². The number of hydrogen-bond donors (Lipinski definition) is 1. The summed E-state index contributed by atoms with van der Waals surface area (Å²) in [6.07, 6.45) is 4.08. The Bertz CT molecular complexity index is 427. The Hall–Kier alpha value is -2.17. The van der Waals surface area contributed by atoms with Crippen LogP contribution in [-0.4, -0.2) is 27.7 Å². The molecular weight excluding hydrogens is 208 g/mol. The van der Waals surface area contributed by atoms with E-state index in [1.54, 1.807) is 19.1 Å². The number of aliphatic hydroxyl groups is 1. The zero-order valence-electron chi connectivity index (χ0n) is 8.88. The van der Waals surface area contributed by atoms with Gasteiger partial charge in [0.05, 0.1) is 18.0 Å². The maximum Gasteiger partial charge on any atom is 0.373 e. The molecule has 1 aromatic rings. The molecular formula is C11H12N2O3. The van der Waals surface area contributed by atoms with Crippen LogP contribution in [0.5, 0.6) is 0 Å². The van der Waals surface area contributed by atoms with Gasteiger partial charge in [0.15, 0.2) is 0 Å². The lowest BCUT2D eigenvalue weighted by molar-refractivity contribution is -0.141. The number of carbonyl (C=O) groups excluding carboxylic acids is 1. The highest BCUT2D eigenvalue weighted by Gasteiger charge is 2.08. The largest absolute Gasteiger partial charge is 0.502 e. The van der Waals surface area contributed by atoms with Gasteiger partial charge in [0.2, 0.25) is 5.76 Å². The van der Waals surface area contributed by atoms with Gasteiger partial charge in [0, 0.05) is 6.08 Å². The molecule has 1 aromatic heterocycles. The van der Waals surface area contributed by atoms with Gasteiger partial charge in [-0.1, -0.05) is 6.58 Å². The summed E-state index contributed by atoms with van der Waals surface area (Å²) in [6, 6.07) is 1.59. The maximum atomic E-state index is 11.1. The summed E-state index contributed by atoms with van der Waals surface area (Å²) in [4.78, 5) is 18.9. The highest BCUT2D eigenvalue weighted by Crippen LogP contribution is 2.05. The predicted molar refractivity (Wildman–Crippen MR) is 59.4 cm³/mol. The number of hydrogen-bond acceptors (Lipinski definition) is 5. The van der Waals surface area contributed by atoms with Crippen molar-refractivity contribution in [1.82, 2.24) is 9.97 Å². The third-order valence-electron chi connectivity index (χ3n) is 1.69. The van der Waals surface area contributed by atoms with Gasteiger partial charge in [0.25, 0.3) is 0 Å². The molecule has 0 spiro atoms. The maximum absolute atomic E-state index is 11.1. The second-order valence-electron chi connectivity index (χ2n) is 2.82. The van der Waals surface area contributed by atoms with Crippen LogP contribution in [0.15, 0.2) is 24.7 Å². The van der Waals surface area contributed by atoms with Gasteiger partial charge in [-0.05, 0) is 19.1 Å². The van der Waals surface area contributed by atoms with Crippen LogP contribution in [0.1, 0.15) is 18.3 Å². The average Bonchev–Trinajstić information content (AvgIpc) is 2.29. The monoisotopic (exact) mass is 220 g/mol. The van der Waals surface area contributed by atoms with Gasteiger partial charge in [-0.2, -0.15) is 0 Å². The van der Waals surface area contributed by atoms with Gasteiger partial charge in [-0.25, -0.2) is 14.8 Å². The van der Waals surface area contributed by atoms with Gasteiger partial charge < -0.3 is 9.84 Å². The van der Waals surface area contributed by atoms with E-state index in [-0.39, 0.29) is 6.61 Å². The summed E-state index contributed by atoms with van der Waals surface area (Å²) in [6.45, 7) is 5.42. The molecule has 5 heteroatoms. The first-order valence-electron chi connectivity index (χ1n) is 4.69. The van der Waals surface area contributed by atoms with Crippen molar-refractivity contribution in [1.29, 1.82) is 0 Å². The van der Waals surface area contributed by atoms with Crippen LogP contribution in [0, 0.1) is 0 Å². The highest BCUT2D eigenvalue weighted by molar-refractivity contribution is 5.90. The number of aliphatic hydroxyl groups excluding tert-OH is 1. The number of nitrogens with zero attached hydrogens (tertiary/aromatic N) is 2. The van der Waals surface area contributed by atoms with E-state index >= 15 is 0 Å². The van der Waals surface area contributed by atoms with E-state index in [1.807, 2.05) is 0 Å². The van der Waals surface area contributed by atoms with Crippen molar-refractivity contribution in [2.24, 2.45) is 0 Å². The Balaban J connectivity index is 2.88. The quantitative estimate of drug-likeness (QED) is 0.474. The summed E-state index contributed by atoms with van der Waals surface area (Å²) in [5.74, 6) is -1.27. The van der Waals surface area contributed by atoms with E-state index in [1.165, 1.54) is 12.4 Å². The summed E-state index contributed by atoms with van der Waals surface area (Å²) in [7, 11) is 0. The van der Waals surface area contributed by atoms with Gasteiger partial charge in [-0.15, -0.1) is 0 Å². The zero-order chi connectivity index (χ0) is 12.0. The third-order valence-corrected chi connectivity index (χ3v) is 1.69. The number of ether oxygens (including phenoxy) is 1. The topological polar surface area (TPSA) is 72.3 Å². The summed E-state index contributed by atoms with van der Waals surface area (Å²) < 4.78 is 4.61. The standard InChI is InChI=1S/C11H12N2O3/c1-3-8-5-9(13-7-12-8)6-10(14)11(15)16-4-2/h3,5-7,14H,1,4H2,2H3/b10-6-. The molecule has 0 aliphatic carbocycles. The fourth-order valence-corrected chi connectivity index (χ4v) is 0.983. The first-order valence-corrected chi connectivity index (χ1v) is 4.69. The van der Waals surface area contributed by atoms with E-state index in [4.69, 9.17) is 0 Å². The Labute approximate surface area is 93.1 Å². The Morgan fingerprint density at radius 2 is 2.25 bits per heavy atom. The molecule has 0 radical (unpaired) electrons. The molecule has 5 nitrogen and oxygen atoms in total. The highest BCUT2D eigenvalue weighted by atomic mass is 16.5. The number of rotatable bonds is 4. The first kappa shape index (κ1) is 11.9. The second kappa shape index (κ2) is 5.65. The van der Waals surface area contributed by atoms with Crippen molar-refractivity contribution in [3.8, 4) is 0 Å². The fraction of sp³-hybridized carbons (Fsp3) is 0.182. The van der Waals surface area contributed by atoms with Crippen molar-refractivity contribution in [2.75, 3.05) is 6.61 Å². The SMILES string of the molecule is C=Cc1cc(/C=C(\O)C(=O)OCC)ncn1. The zero-order valence-corrected chi connectivity index (χ0v) is 8.88. The molecule has 84 valence electrons. The van der Waals surface area contributed by atoms with Gasteiger partial charge in [-0.3, -0.25) is 0 Å². The third kappa shape index (κ3) is 3.20. The van der Waals surface area contributed by atoms with Crippen molar-refractivity contribution in [3.63, 3.8) is 0 Å². The van der Waals surface area contributed by atoms with Crippen molar-refractivity contribution >= 4 is 18.1 Å². The van der Waals surface area contributed by atoms with E-state index in [0.717, 1.165) is 0 Å². The molecule has 0 unspecified atom stereocenters. The first-order chi connectivity index (χ1) is 7.67. The second-order valence-corrected chi connectivity index (χ2v) is 2.82. The number of esters is 1. The van der Waals surface area contributed by atoms with E-state index < -0.39 is 11.7 Å². The summed E-state index contributed by atoms with van der Waals surface area (Å²) in [5.41, 5.74) is 1.02. The molecule has 1 heterocycles. The summed E-state index contributed by atoms with van der Waals surface area (Å²) >= 11 is 0. The Morgan fingerprint density at radius 1 is 1.56 bits per heavy atom. The Kier molecular flexibility index (Phi) is 4.20. The molecule has 0 saturated carbocycles. The average molecular weight is 220 g/mol. The fourth-order valence-electron chi connectivity index (χ4n) is 0.983. The van der Waals surface area contributed by atoms with Crippen LogP contribution < -0.4 is 0 Å². The molecule has 0 bridgehead atoms. The van der Waals surface area contributed by atoms with Crippen LogP contribution in [0.3, 0.4) is 0 Å². The molecule has 0 saturated heterocycles. The number of carbonyl (C=O) groups is 1. The Morgan fingerprint density at radius 3 is 2.88 bits per heavy atom. The van der Waals surface area contributed by atoms with Crippen LogP contribution in [0.4, 0.5) is 0 Å². The minimum absolute atomic E-state index is 0.207. The van der Waals surface area contributed by atoms with Gasteiger partial charge in [0.1, 0.15) is 6.33 Å². The normalized spacial score (nSPS) is 10.9. The minimum Gasteiger partial charge on any atom is -0.502 e. The molecule has 1 rings (SSSR count). The minimum atomic E-state index is -0.777. The molecule has 0 amide bonds. The van der Waals surface area contributed by atoms with Crippen LogP contribution >= 0.6 is 0 Å². The molecule has 1 N–H and O–H groups in total. The predicted octanol–water partition coefficient (Wildman–Crippen LogP) is 1.58. The summed E-state index contributed by atoms with van der Waals surface area (Å²) in [5, 5.41) is 9.37. The van der Waals surface area contributed by atoms with E-state index in [2.05, 4.69) is 21.3 Å². The lowest BCUT2D eigenvalue weighted by atomic mass is 10.3. The molecule has 0 aliphatic heterocycles. The van der Waals surface area contributed by atoms with Crippen LogP contribution in [-0.2, 0) is 9.53 Å². The van der Waals surface area contributed by atoms with Crippen molar-refractivity contribution < 1.29 is 14.6 Å². The van der Waals surface area contributed by atoms with Gasteiger partial charge >= 0.3 is 5.97 Å². The molecule has 0 aliphatic rings. The molecule has 0 atom stereocenters. The van der Waals surface area contributed by atoms with E-state index in [9.17, 15) is 9.90 Å². The van der Waals surface area contributed by atoms with Crippen molar-refractivity contribution in [3.05, 3.63) is 36.1 Å². The smallest absolute Gasteiger partial charge is 0.373 e. The molecule has 16 heavy (non-hydrogen) atoms. The van der Waals surface area contributed by atoms with Crippen LogP contribution in [0.2, 0.25) is 0 Å². The molecule has 0 fully saturated rings. The lowest BCUT2D eigenvalue weighted by Crippen LogP contribution is -2.07. The molecule has 0 aromatic carbocycles.